The van der Waals surface area contributed by atoms with Crippen LogP contribution in [0.4, 0.5) is 0 Å². The predicted octanol–water partition coefficient (Wildman–Crippen LogP) is 2.55. The lowest BCUT2D eigenvalue weighted by Crippen LogP contribution is -2.03. The van der Waals surface area contributed by atoms with E-state index in [0.29, 0.717) is 5.56 Å². The fraction of sp³-hybridized carbons (Fsp3) is 0.143. The van der Waals surface area contributed by atoms with E-state index in [1.807, 2.05) is 0 Å². The lowest BCUT2D eigenvalue weighted by Gasteiger charge is -2.10. The van der Waals surface area contributed by atoms with E-state index in [-0.39, 0.29) is 21.3 Å². The monoisotopic (exact) mass is 278 g/mol. The molecule has 2 aromatic carbocycles. The predicted molar refractivity (Wildman–Crippen MR) is 71.1 cm³/mol. The van der Waals surface area contributed by atoms with Crippen molar-refractivity contribution in [2.45, 2.75) is 23.6 Å². The van der Waals surface area contributed by atoms with Gasteiger partial charge in [-0.1, -0.05) is 6.07 Å². The zero-order chi connectivity index (χ0) is 14.2. The van der Waals surface area contributed by atoms with Crippen LogP contribution in [0.15, 0.2) is 46.2 Å². The summed E-state index contributed by atoms with van der Waals surface area (Å²) in [5, 5.41) is 19.2. The van der Waals surface area contributed by atoms with Crippen LogP contribution in [0.1, 0.15) is 11.1 Å². The molecule has 0 radical (unpaired) electrons. The van der Waals surface area contributed by atoms with Gasteiger partial charge in [0.1, 0.15) is 16.4 Å². The minimum atomic E-state index is -3.79. The van der Waals surface area contributed by atoms with Crippen molar-refractivity contribution in [2.24, 2.45) is 0 Å². The van der Waals surface area contributed by atoms with E-state index in [1.54, 1.807) is 19.9 Å². The highest BCUT2D eigenvalue weighted by Gasteiger charge is 2.22. The first-order chi connectivity index (χ1) is 8.84. The molecule has 19 heavy (non-hydrogen) atoms. The Morgan fingerprint density at radius 2 is 1.47 bits per heavy atom. The molecule has 4 nitrogen and oxygen atoms in total. The number of rotatable bonds is 2. The molecular formula is C14H14O4S. The Hall–Kier alpha value is -2.01. The molecule has 100 valence electrons. The third kappa shape index (κ3) is 2.29. The largest absolute Gasteiger partial charge is 0.508 e. The average Bonchev–Trinajstić information content (AvgIpc) is 2.36. The van der Waals surface area contributed by atoms with Gasteiger partial charge >= 0.3 is 0 Å². The van der Waals surface area contributed by atoms with Crippen LogP contribution < -0.4 is 0 Å². The van der Waals surface area contributed by atoms with E-state index in [9.17, 15) is 18.6 Å². The highest BCUT2D eigenvalue weighted by atomic mass is 32.2. The molecule has 0 bridgehead atoms. The molecule has 0 spiro atoms. The van der Waals surface area contributed by atoms with Gasteiger partial charge < -0.3 is 10.2 Å². The first-order valence-corrected chi connectivity index (χ1v) is 7.15. The first-order valence-electron chi connectivity index (χ1n) is 5.67. The van der Waals surface area contributed by atoms with E-state index in [4.69, 9.17) is 0 Å². The van der Waals surface area contributed by atoms with Gasteiger partial charge in [0.15, 0.2) is 0 Å². The van der Waals surface area contributed by atoms with Crippen LogP contribution in [-0.4, -0.2) is 18.6 Å². The SMILES string of the molecule is Cc1ccc(S(=O)(=O)c2ccc(O)cc2)c(O)c1C. The quantitative estimate of drug-likeness (QED) is 0.885. The van der Waals surface area contributed by atoms with Gasteiger partial charge in [0.25, 0.3) is 0 Å². The number of phenols is 2. The summed E-state index contributed by atoms with van der Waals surface area (Å²) in [4.78, 5) is -0.0925. The summed E-state index contributed by atoms with van der Waals surface area (Å²) in [6.45, 7) is 3.46. The smallest absolute Gasteiger partial charge is 0.210 e. The van der Waals surface area contributed by atoms with E-state index in [2.05, 4.69) is 0 Å². The van der Waals surface area contributed by atoms with Gasteiger partial charge in [-0.2, -0.15) is 0 Å². The van der Waals surface area contributed by atoms with Crippen LogP contribution in [-0.2, 0) is 9.84 Å². The molecule has 0 atom stereocenters. The van der Waals surface area contributed by atoms with Crippen LogP contribution >= 0.6 is 0 Å². The maximum absolute atomic E-state index is 12.4. The Balaban J connectivity index is 2.64. The van der Waals surface area contributed by atoms with Gasteiger partial charge in [-0.05, 0) is 55.3 Å². The lowest BCUT2D eigenvalue weighted by atomic mass is 10.1. The highest BCUT2D eigenvalue weighted by molar-refractivity contribution is 7.91. The maximum atomic E-state index is 12.4. The second-order valence-corrected chi connectivity index (χ2v) is 6.27. The molecule has 5 heteroatoms. The standard InChI is InChI=1S/C14H14O4S/c1-9-3-8-13(14(16)10(9)2)19(17,18)12-6-4-11(15)5-7-12/h3-8,15-16H,1-2H3. The van der Waals surface area contributed by atoms with Gasteiger partial charge in [0.05, 0.1) is 4.90 Å². The highest BCUT2D eigenvalue weighted by Crippen LogP contribution is 2.33. The minimum Gasteiger partial charge on any atom is -0.508 e. The molecule has 0 fully saturated rings. The van der Waals surface area contributed by atoms with Crippen LogP contribution in [0.5, 0.6) is 11.5 Å². The fourth-order valence-corrected chi connectivity index (χ4v) is 3.15. The lowest BCUT2D eigenvalue weighted by molar-refractivity contribution is 0.454. The van der Waals surface area contributed by atoms with E-state index >= 15 is 0 Å². The first kappa shape index (κ1) is 13.4. The average molecular weight is 278 g/mol. The van der Waals surface area contributed by atoms with Crippen molar-refractivity contribution in [3.8, 4) is 11.5 Å². The van der Waals surface area contributed by atoms with Crippen LogP contribution in [0.25, 0.3) is 0 Å². The van der Waals surface area contributed by atoms with E-state index in [0.717, 1.165) is 5.56 Å². The van der Waals surface area contributed by atoms with Crippen molar-refractivity contribution in [1.82, 2.24) is 0 Å². The third-order valence-electron chi connectivity index (χ3n) is 3.10. The van der Waals surface area contributed by atoms with Crippen LogP contribution in [0.2, 0.25) is 0 Å². The Morgan fingerprint density at radius 1 is 0.895 bits per heavy atom. The van der Waals surface area contributed by atoms with Crippen molar-refractivity contribution in [3.05, 3.63) is 47.5 Å². The molecule has 0 amide bonds. The Bertz CT molecular complexity index is 716. The summed E-state index contributed by atoms with van der Waals surface area (Å²) in [5.41, 5.74) is 1.36. The summed E-state index contributed by atoms with van der Waals surface area (Å²) in [6.07, 6.45) is 0. The number of hydrogen-bond acceptors (Lipinski definition) is 4. The van der Waals surface area contributed by atoms with Gasteiger partial charge in [-0.3, -0.25) is 0 Å². The molecule has 0 heterocycles. The summed E-state index contributed by atoms with van der Waals surface area (Å²) in [6, 6.07) is 8.25. The molecule has 0 unspecified atom stereocenters. The normalized spacial score (nSPS) is 11.5. The Kier molecular flexibility index (Phi) is 3.24. The van der Waals surface area contributed by atoms with Crippen molar-refractivity contribution in [1.29, 1.82) is 0 Å². The van der Waals surface area contributed by atoms with Gasteiger partial charge in [-0.25, -0.2) is 8.42 Å². The van der Waals surface area contributed by atoms with Gasteiger partial charge in [0.2, 0.25) is 9.84 Å². The number of aromatic hydroxyl groups is 2. The second kappa shape index (κ2) is 4.59. The summed E-state index contributed by atoms with van der Waals surface area (Å²) >= 11 is 0. The molecule has 0 aromatic heterocycles. The maximum Gasteiger partial charge on any atom is 0.210 e. The van der Waals surface area contributed by atoms with Crippen molar-refractivity contribution in [3.63, 3.8) is 0 Å². The summed E-state index contributed by atoms with van der Waals surface area (Å²) < 4.78 is 24.8. The van der Waals surface area contributed by atoms with E-state index in [1.165, 1.54) is 30.3 Å². The zero-order valence-electron chi connectivity index (χ0n) is 10.6. The van der Waals surface area contributed by atoms with Crippen molar-refractivity contribution in [2.75, 3.05) is 0 Å². The minimum absolute atomic E-state index is 0.0109. The van der Waals surface area contributed by atoms with E-state index < -0.39 is 9.84 Å². The van der Waals surface area contributed by atoms with Crippen LogP contribution in [0, 0.1) is 13.8 Å². The molecule has 0 aliphatic carbocycles. The number of phenolic OH excluding ortho intramolecular Hbond substituents is 2. The third-order valence-corrected chi connectivity index (χ3v) is 4.90. The summed E-state index contributed by atoms with van der Waals surface area (Å²) in [5.74, 6) is -0.240. The molecule has 0 aliphatic heterocycles. The molecule has 2 aromatic rings. The second-order valence-electron chi connectivity index (χ2n) is 4.35. The fourth-order valence-electron chi connectivity index (χ4n) is 1.75. The Labute approximate surface area is 111 Å². The summed E-state index contributed by atoms with van der Waals surface area (Å²) in [7, 11) is -3.79. The zero-order valence-corrected chi connectivity index (χ0v) is 11.4. The van der Waals surface area contributed by atoms with Crippen LogP contribution in [0.3, 0.4) is 0 Å². The molecule has 0 saturated heterocycles. The molecular weight excluding hydrogens is 264 g/mol. The molecule has 2 rings (SSSR count). The molecule has 0 saturated carbocycles. The number of benzene rings is 2. The van der Waals surface area contributed by atoms with Crippen molar-refractivity contribution >= 4 is 9.84 Å². The number of hydrogen-bond donors (Lipinski definition) is 2. The number of sulfone groups is 1. The molecule has 0 aliphatic rings. The van der Waals surface area contributed by atoms with Gasteiger partial charge in [-0.15, -0.1) is 0 Å². The van der Waals surface area contributed by atoms with Gasteiger partial charge in [0, 0.05) is 0 Å². The molecule has 2 N–H and O–H groups in total. The van der Waals surface area contributed by atoms with Crippen molar-refractivity contribution < 1.29 is 18.6 Å². The topological polar surface area (TPSA) is 74.6 Å². The number of aryl methyl sites for hydroxylation is 1. The Morgan fingerprint density at radius 3 is 2.05 bits per heavy atom.